The Balaban J connectivity index is 2.96. The van der Waals surface area contributed by atoms with Crippen molar-refractivity contribution in [1.82, 2.24) is 0 Å². The molecule has 0 spiro atoms. The molecule has 0 unspecified atom stereocenters. The largest absolute Gasteiger partial charge is 0.495 e. The van der Waals surface area contributed by atoms with Crippen LogP contribution in [0.4, 0.5) is 5.69 Å². The molecule has 0 aromatic heterocycles. The van der Waals surface area contributed by atoms with Crippen molar-refractivity contribution in [3.05, 3.63) is 18.2 Å². The summed E-state index contributed by atoms with van der Waals surface area (Å²) >= 11 is 0. The number of halogens is 1. The van der Waals surface area contributed by atoms with E-state index >= 15 is 0 Å². The molecule has 0 amide bonds. The predicted octanol–water partition coefficient (Wildman–Crippen LogP) is 1.40. The van der Waals surface area contributed by atoms with E-state index in [1.54, 1.807) is 6.92 Å². The number of sulfonamides is 1. The number of methoxy groups -OCH3 is 1. The summed E-state index contributed by atoms with van der Waals surface area (Å²) in [7, 11) is -1.06. The Morgan fingerprint density at radius 2 is 1.90 bits per heavy atom. The van der Waals surface area contributed by atoms with Gasteiger partial charge in [-0.15, -0.1) is 0 Å². The Hall–Kier alpha value is -1.03. The second kappa shape index (κ2) is 7.30. The van der Waals surface area contributed by atoms with E-state index in [2.05, 4.69) is 4.72 Å². The normalized spacial score (nSPS) is 12.1. The maximum atomic E-state index is 11.8. The van der Waals surface area contributed by atoms with Crippen molar-refractivity contribution in [2.45, 2.75) is 11.8 Å². The molecule has 1 N–H and O–H groups in total. The third kappa shape index (κ3) is 5.70. The number of anilines is 1. The Morgan fingerprint density at radius 1 is 1.24 bits per heavy atom. The smallest absolute Gasteiger partial charge is 0.264 e. The zero-order valence-electron chi connectivity index (χ0n) is 11.5. The van der Waals surface area contributed by atoms with Crippen LogP contribution < -0.4 is 9.46 Å². The van der Waals surface area contributed by atoms with Crippen LogP contribution in [0.25, 0.3) is 0 Å². The molecule has 0 radical (unpaired) electrons. The summed E-state index contributed by atoms with van der Waals surface area (Å²) in [6.07, 6.45) is 0. The lowest BCUT2D eigenvalue weighted by molar-refractivity contribution is 0.163. The van der Waals surface area contributed by atoms with E-state index < -0.39 is 19.1 Å². The summed E-state index contributed by atoms with van der Waals surface area (Å²) in [4.78, 5) is -0.232. The molecule has 21 heavy (non-hydrogen) atoms. The van der Waals surface area contributed by atoms with Crippen molar-refractivity contribution in [2.75, 3.05) is 30.8 Å². The fraction of sp³-hybridized carbons (Fsp3) is 0.455. The Bertz CT molecular complexity index is 687. The lowest BCUT2D eigenvalue weighted by Crippen LogP contribution is -2.20. The van der Waals surface area contributed by atoms with Gasteiger partial charge in [0, 0.05) is 23.4 Å². The highest BCUT2D eigenvalue weighted by molar-refractivity contribution is 8.13. The van der Waals surface area contributed by atoms with Gasteiger partial charge >= 0.3 is 0 Å². The Morgan fingerprint density at radius 3 is 2.43 bits per heavy atom. The first-order valence-electron chi connectivity index (χ1n) is 5.90. The lowest BCUT2D eigenvalue weighted by atomic mass is 10.3. The first-order valence-corrected chi connectivity index (χ1v) is 9.86. The molecule has 0 saturated heterocycles. The summed E-state index contributed by atoms with van der Waals surface area (Å²) in [5.74, 6) is -0.256. The molecule has 120 valence electrons. The average Bonchev–Trinajstić information content (AvgIpc) is 2.36. The molecule has 0 heterocycles. The van der Waals surface area contributed by atoms with Crippen LogP contribution in [0, 0.1) is 0 Å². The fourth-order valence-electron chi connectivity index (χ4n) is 1.48. The van der Waals surface area contributed by atoms with Crippen molar-refractivity contribution in [3.8, 4) is 5.75 Å². The van der Waals surface area contributed by atoms with E-state index in [4.69, 9.17) is 20.2 Å². The van der Waals surface area contributed by atoms with Crippen LogP contribution in [0.2, 0.25) is 0 Å². The van der Waals surface area contributed by atoms with Crippen molar-refractivity contribution in [2.24, 2.45) is 0 Å². The van der Waals surface area contributed by atoms with E-state index in [0.717, 1.165) is 0 Å². The van der Waals surface area contributed by atoms with Gasteiger partial charge < -0.3 is 9.47 Å². The second-order valence-corrected chi connectivity index (χ2v) is 8.30. The number of nitrogens with one attached hydrogen (secondary N) is 1. The molecule has 1 rings (SSSR count). The molecular weight excluding hydrogens is 342 g/mol. The average molecular weight is 358 g/mol. The zero-order valence-corrected chi connectivity index (χ0v) is 13.9. The molecule has 0 aliphatic carbocycles. The van der Waals surface area contributed by atoms with Crippen LogP contribution in [0.1, 0.15) is 6.92 Å². The minimum Gasteiger partial charge on any atom is -0.495 e. The zero-order chi connectivity index (χ0) is 16.1. The third-order valence-corrected chi connectivity index (χ3v) is 5.01. The van der Waals surface area contributed by atoms with Gasteiger partial charge in [0.25, 0.3) is 9.05 Å². The molecule has 0 saturated carbocycles. The molecule has 0 aliphatic rings. The molecule has 7 nitrogen and oxygen atoms in total. The molecular formula is C11H16ClNO6S2. The van der Waals surface area contributed by atoms with Crippen LogP contribution in [0.3, 0.4) is 0 Å². The minimum absolute atomic E-state index is 0.0463. The van der Waals surface area contributed by atoms with Crippen LogP contribution in [-0.4, -0.2) is 42.9 Å². The predicted molar refractivity (Wildman–Crippen MR) is 79.9 cm³/mol. The molecule has 10 heteroatoms. The first-order chi connectivity index (χ1) is 9.69. The van der Waals surface area contributed by atoms with Gasteiger partial charge in [-0.3, -0.25) is 4.72 Å². The molecule has 0 fully saturated rings. The quantitative estimate of drug-likeness (QED) is 0.557. The van der Waals surface area contributed by atoms with Crippen molar-refractivity contribution < 1.29 is 26.3 Å². The van der Waals surface area contributed by atoms with Gasteiger partial charge in [-0.05, 0) is 19.1 Å². The van der Waals surface area contributed by atoms with Crippen molar-refractivity contribution in [3.63, 3.8) is 0 Å². The second-order valence-electron chi connectivity index (χ2n) is 3.92. The number of benzene rings is 1. The third-order valence-electron chi connectivity index (χ3n) is 2.40. The van der Waals surface area contributed by atoms with Gasteiger partial charge in [0.2, 0.25) is 10.0 Å². The highest BCUT2D eigenvalue weighted by Gasteiger charge is 2.18. The Kier molecular flexibility index (Phi) is 6.26. The molecule has 0 atom stereocenters. The van der Waals surface area contributed by atoms with Crippen LogP contribution in [0.15, 0.2) is 23.1 Å². The molecule has 0 aliphatic heterocycles. The number of hydrogen-bond acceptors (Lipinski definition) is 6. The van der Waals surface area contributed by atoms with Crippen LogP contribution in [-0.2, 0) is 23.8 Å². The first kappa shape index (κ1) is 18.0. The van der Waals surface area contributed by atoms with Gasteiger partial charge in [0.05, 0.1) is 25.2 Å². The standard InChI is InChI=1S/C11H16ClNO6S2/c1-3-19-6-7-20(14,15)13-9-4-5-11(21(12,16)17)10(8-9)18-2/h4-5,8,13H,3,6-7H2,1-2H3. The highest BCUT2D eigenvalue weighted by atomic mass is 35.7. The van der Waals surface area contributed by atoms with Gasteiger partial charge in [0.1, 0.15) is 10.6 Å². The molecule has 1 aromatic carbocycles. The van der Waals surface area contributed by atoms with Gasteiger partial charge in [-0.1, -0.05) is 0 Å². The summed E-state index contributed by atoms with van der Waals surface area (Å²) in [5.41, 5.74) is 0.174. The van der Waals surface area contributed by atoms with Gasteiger partial charge in [-0.25, -0.2) is 16.8 Å². The topological polar surface area (TPSA) is 98.8 Å². The maximum absolute atomic E-state index is 11.8. The van der Waals surface area contributed by atoms with E-state index in [9.17, 15) is 16.8 Å². The fourth-order valence-corrected chi connectivity index (χ4v) is 3.40. The van der Waals surface area contributed by atoms with Gasteiger partial charge in [-0.2, -0.15) is 0 Å². The lowest BCUT2D eigenvalue weighted by Gasteiger charge is -2.11. The maximum Gasteiger partial charge on any atom is 0.264 e. The van der Waals surface area contributed by atoms with E-state index in [1.807, 2.05) is 0 Å². The summed E-state index contributed by atoms with van der Waals surface area (Å²) < 4.78 is 58.4. The van der Waals surface area contributed by atoms with E-state index in [1.165, 1.54) is 25.3 Å². The van der Waals surface area contributed by atoms with Crippen LogP contribution >= 0.6 is 10.7 Å². The van der Waals surface area contributed by atoms with E-state index in [-0.39, 0.29) is 28.7 Å². The number of hydrogen-bond donors (Lipinski definition) is 1. The molecule has 1 aromatic rings. The number of rotatable bonds is 8. The van der Waals surface area contributed by atoms with E-state index in [0.29, 0.717) is 6.61 Å². The minimum atomic E-state index is -3.97. The number of ether oxygens (including phenoxy) is 2. The van der Waals surface area contributed by atoms with Crippen molar-refractivity contribution in [1.29, 1.82) is 0 Å². The SMILES string of the molecule is CCOCCS(=O)(=O)Nc1ccc(S(=O)(=O)Cl)c(OC)c1. The molecule has 0 bridgehead atoms. The summed E-state index contributed by atoms with van der Waals surface area (Å²) in [6, 6.07) is 3.70. The van der Waals surface area contributed by atoms with Crippen molar-refractivity contribution >= 4 is 35.4 Å². The summed E-state index contributed by atoms with van der Waals surface area (Å²) in [5, 5.41) is 0. The highest BCUT2D eigenvalue weighted by Crippen LogP contribution is 2.30. The summed E-state index contributed by atoms with van der Waals surface area (Å²) in [6.45, 7) is 2.25. The Labute approximate surface area is 128 Å². The van der Waals surface area contributed by atoms with Crippen LogP contribution in [0.5, 0.6) is 5.75 Å². The monoisotopic (exact) mass is 357 g/mol. The van der Waals surface area contributed by atoms with Gasteiger partial charge in [0.15, 0.2) is 0 Å².